The van der Waals surface area contributed by atoms with Gasteiger partial charge in [0, 0.05) is 12.0 Å². The molecule has 2 saturated carbocycles. The Morgan fingerprint density at radius 2 is 1.94 bits per heavy atom. The van der Waals surface area contributed by atoms with E-state index in [0.717, 1.165) is 38.0 Å². The fourth-order valence-corrected chi connectivity index (χ4v) is 4.63. The Labute approximate surface area is 106 Å². The van der Waals surface area contributed by atoms with Crippen LogP contribution < -0.4 is 5.73 Å². The maximum absolute atomic E-state index is 11.3. The fraction of sp³-hybridized carbons (Fsp3) is 1.00. The van der Waals surface area contributed by atoms with Gasteiger partial charge in [0.25, 0.3) is 0 Å². The summed E-state index contributed by atoms with van der Waals surface area (Å²) in [5.74, 6) is 0.777. The van der Waals surface area contributed by atoms with Crippen molar-refractivity contribution >= 4 is 0 Å². The zero-order valence-electron chi connectivity index (χ0n) is 11.8. The van der Waals surface area contributed by atoms with Gasteiger partial charge in [-0.25, -0.2) is 0 Å². The standard InChI is InChI=1S/C15H29NO/c1-4-12-6-9-14(10-12,11-16)15(17)8-5-7-13(15,2)3/h12,17H,4-11,16H2,1-3H3. The molecule has 3 unspecified atom stereocenters. The highest BCUT2D eigenvalue weighted by Crippen LogP contribution is 2.61. The molecule has 2 nitrogen and oxygen atoms in total. The lowest BCUT2D eigenvalue weighted by atomic mass is 9.60. The molecular weight excluding hydrogens is 210 g/mol. The number of hydrogen-bond donors (Lipinski definition) is 2. The van der Waals surface area contributed by atoms with Crippen LogP contribution in [0.2, 0.25) is 0 Å². The van der Waals surface area contributed by atoms with Crippen molar-refractivity contribution in [3.05, 3.63) is 0 Å². The zero-order valence-corrected chi connectivity index (χ0v) is 11.8. The molecule has 0 heterocycles. The third-order valence-electron chi connectivity index (χ3n) is 6.02. The summed E-state index contributed by atoms with van der Waals surface area (Å²) < 4.78 is 0. The number of rotatable bonds is 3. The largest absolute Gasteiger partial charge is 0.389 e. The van der Waals surface area contributed by atoms with Gasteiger partial charge in [0.2, 0.25) is 0 Å². The second-order valence-corrected chi connectivity index (χ2v) is 7.10. The third-order valence-corrected chi connectivity index (χ3v) is 6.02. The first-order chi connectivity index (χ1) is 7.91. The molecule has 0 spiro atoms. The van der Waals surface area contributed by atoms with Crippen LogP contribution in [0.5, 0.6) is 0 Å². The van der Waals surface area contributed by atoms with Gasteiger partial charge in [-0.05, 0) is 49.9 Å². The molecule has 2 heteroatoms. The van der Waals surface area contributed by atoms with Crippen molar-refractivity contribution in [3.8, 4) is 0 Å². The van der Waals surface area contributed by atoms with Gasteiger partial charge in [0.05, 0.1) is 5.60 Å². The Bertz CT molecular complexity index is 289. The Hall–Kier alpha value is -0.0800. The molecule has 3 atom stereocenters. The van der Waals surface area contributed by atoms with Crippen LogP contribution in [-0.2, 0) is 0 Å². The van der Waals surface area contributed by atoms with Gasteiger partial charge < -0.3 is 10.8 Å². The summed E-state index contributed by atoms with van der Waals surface area (Å²) in [5, 5.41) is 11.3. The normalized spacial score (nSPS) is 45.4. The molecule has 2 fully saturated rings. The van der Waals surface area contributed by atoms with Crippen molar-refractivity contribution in [2.45, 2.75) is 71.3 Å². The van der Waals surface area contributed by atoms with E-state index in [1.165, 1.54) is 12.8 Å². The molecule has 0 radical (unpaired) electrons. The van der Waals surface area contributed by atoms with Crippen molar-refractivity contribution in [1.29, 1.82) is 0 Å². The molecule has 100 valence electrons. The van der Waals surface area contributed by atoms with E-state index in [9.17, 15) is 5.11 Å². The van der Waals surface area contributed by atoms with E-state index in [1.54, 1.807) is 0 Å². The van der Waals surface area contributed by atoms with E-state index < -0.39 is 5.60 Å². The minimum atomic E-state index is -0.529. The topological polar surface area (TPSA) is 46.2 Å². The maximum atomic E-state index is 11.3. The highest BCUT2D eigenvalue weighted by atomic mass is 16.3. The predicted molar refractivity (Wildman–Crippen MR) is 71.7 cm³/mol. The van der Waals surface area contributed by atoms with Crippen molar-refractivity contribution in [3.63, 3.8) is 0 Å². The van der Waals surface area contributed by atoms with E-state index >= 15 is 0 Å². The summed E-state index contributed by atoms with van der Waals surface area (Å²) in [6.07, 6.45) is 8.00. The van der Waals surface area contributed by atoms with Crippen LogP contribution >= 0.6 is 0 Å². The summed E-state index contributed by atoms with van der Waals surface area (Å²) in [7, 11) is 0. The monoisotopic (exact) mass is 239 g/mol. The second kappa shape index (κ2) is 4.24. The van der Waals surface area contributed by atoms with Gasteiger partial charge in [0.1, 0.15) is 0 Å². The van der Waals surface area contributed by atoms with Crippen LogP contribution in [0, 0.1) is 16.7 Å². The average Bonchev–Trinajstić information content (AvgIpc) is 2.83. The zero-order chi connectivity index (χ0) is 12.7. The third kappa shape index (κ3) is 1.76. The van der Waals surface area contributed by atoms with Crippen LogP contribution in [0.25, 0.3) is 0 Å². The van der Waals surface area contributed by atoms with Crippen molar-refractivity contribution in [2.75, 3.05) is 6.54 Å². The summed E-state index contributed by atoms with van der Waals surface area (Å²) in [6, 6.07) is 0. The van der Waals surface area contributed by atoms with Gasteiger partial charge >= 0.3 is 0 Å². The fourth-order valence-electron chi connectivity index (χ4n) is 4.63. The molecule has 0 aromatic carbocycles. The van der Waals surface area contributed by atoms with Crippen LogP contribution in [0.3, 0.4) is 0 Å². The number of aliphatic hydroxyl groups is 1. The Morgan fingerprint density at radius 3 is 2.35 bits per heavy atom. The molecule has 0 aliphatic heterocycles. The smallest absolute Gasteiger partial charge is 0.0766 e. The highest BCUT2D eigenvalue weighted by molar-refractivity contribution is 5.12. The molecule has 2 aliphatic rings. The van der Waals surface area contributed by atoms with Gasteiger partial charge in [-0.1, -0.05) is 27.2 Å². The Balaban J connectivity index is 2.30. The average molecular weight is 239 g/mol. The van der Waals surface area contributed by atoms with Gasteiger partial charge in [0.15, 0.2) is 0 Å². The lowest BCUT2D eigenvalue weighted by Crippen LogP contribution is -2.57. The second-order valence-electron chi connectivity index (χ2n) is 7.10. The number of nitrogens with two attached hydrogens (primary N) is 1. The van der Waals surface area contributed by atoms with E-state index in [0.29, 0.717) is 6.54 Å². The minimum Gasteiger partial charge on any atom is -0.389 e. The van der Waals surface area contributed by atoms with E-state index in [1.807, 2.05) is 0 Å². The first kappa shape index (κ1) is 13.4. The van der Waals surface area contributed by atoms with Crippen LogP contribution in [0.4, 0.5) is 0 Å². The SMILES string of the molecule is CCC1CCC(CN)(C2(O)CCCC2(C)C)C1. The van der Waals surface area contributed by atoms with Crippen molar-refractivity contribution < 1.29 is 5.11 Å². The Kier molecular flexibility index (Phi) is 3.33. The summed E-state index contributed by atoms with van der Waals surface area (Å²) in [4.78, 5) is 0. The quantitative estimate of drug-likeness (QED) is 0.795. The van der Waals surface area contributed by atoms with Gasteiger partial charge in [-0.3, -0.25) is 0 Å². The minimum absolute atomic E-state index is 0.00627. The molecule has 2 rings (SSSR count). The molecule has 17 heavy (non-hydrogen) atoms. The molecule has 2 aliphatic carbocycles. The van der Waals surface area contributed by atoms with Gasteiger partial charge in [-0.2, -0.15) is 0 Å². The molecule has 0 aromatic heterocycles. The van der Waals surface area contributed by atoms with E-state index in [-0.39, 0.29) is 10.8 Å². The lowest BCUT2D eigenvalue weighted by molar-refractivity contribution is -0.141. The molecule has 0 amide bonds. The molecule has 0 saturated heterocycles. The van der Waals surface area contributed by atoms with Gasteiger partial charge in [-0.15, -0.1) is 0 Å². The highest BCUT2D eigenvalue weighted by Gasteiger charge is 2.61. The summed E-state index contributed by atoms with van der Waals surface area (Å²) in [6.45, 7) is 7.39. The van der Waals surface area contributed by atoms with Crippen LogP contribution in [0.15, 0.2) is 0 Å². The number of hydrogen-bond acceptors (Lipinski definition) is 2. The predicted octanol–water partition coefficient (Wildman–Crippen LogP) is 3.08. The summed E-state index contributed by atoms with van der Waals surface area (Å²) in [5.41, 5.74) is 5.61. The first-order valence-electron chi connectivity index (χ1n) is 7.33. The van der Waals surface area contributed by atoms with Crippen molar-refractivity contribution in [1.82, 2.24) is 0 Å². The lowest BCUT2D eigenvalue weighted by Gasteiger charge is -2.50. The van der Waals surface area contributed by atoms with E-state index in [2.05, 4.69) is 20.8 Å². The van der Waals surface area contributed by atoms with Crippen molar-refractivity contribution in [2.24, 2.45) is 22.5 Å². The Morgan fingerprint density at radius 1 is 1.24 bits per heavy atom. The molecule has 0 bridgehead atoms. The maximum Gasteiger partial charge on any atom is 0.0766 e. The van der Waals surface area contributed by atoms with E-state index in [4.69, 9.17) is 5.73 Å². The molecule has 0 aromatic rings. The molecule has 3 N–H and O–H groups in total. The van der Waals surface area contributed by atoms with Crippen LogP contribution in [-0.4, -0.2) is 17.3 Å². The molecular formula is C15H29NO. The first-order valence-corrected chi connectivity index (χ1v) is 7.33. The van der Waals surface area contributed by atoms with Crippen LogP contribution in [0.1, 0.15) is 65.7 Å². The summed E-state index contributed by atoms with van der Waals surface area (Å²) >= 11 is 0.